The molecule has 1 saturated carbocycles. The number of alkyl halides is 2. The molecule has 246 valence electrons. The summed E-state index contributed by atoms with van der Waals surface area (Å²) in [6.45, 7) is -2.53. The molecular weight excluding hydrogens is 679 g/mol. The second kappa shape index (κ2) is 15.9. The highest BCUT2D eigenvalue weighted by Gasteiger charge is 2.26. The van der Waals surface area contributed by atoms with Gasteiger partial charge in [0.05, 0.1) is 19.4 Å². The van der Waals surface area contributed by atoms with Gasteiger partial charge in [0.1, 0.15) is 16.1 Å². The Kier molecular flexibility index (Phi) is 12.9. The van der Waals surface area contributed by atoms with Gasteiger partial charge in [-0.05, 0) is 61.2 Å². The van der Waals surface area contributed by atoms with Crippen molar-refractivity contribution in [2.24, 2.45) is 5.92 Å². The molecule has 0 unspecified atom stereocenters. The number of pyridine rings is 1. The van der Waals surface area contributed by atoms with Crippen LogP contribution in [0.2, 0.25) is 10.0 Å². The molecule has 0 radical (unpaired) electrons. The molecule has 1 aliphatic rings. The zero-order chi connectivity index (χ0) is 32.0. The Bertz CT molecular complexity index is 1560. The Balaban J connectivity index is 0.00000552. The normalized spacial score (nSPS) is 13.7. The van der Waals surface area contributed by atoms with Crippen molar-refractivity contribution >= 4 is 57.3 Å². The highest BCUT2D eigenvalue weighted by atomic mass is 35.5. The van der Waals surface area contributed by atoms with E-state index in [-0.39, 0.29) is 46.9 Å². The number of ether oxygens (including phenoxy) is 3. The van der Waals surface area contributed by atoms with Gasteiger partial charge in [-0.1, -0.05) is 41.4 Å². The molecule has 1 fully saturated rings. The maximum Gasteiger partial charge on any atom is 0.387 e. The van der Waals surface area contributed by atoms with Crippen LogP contribution in [0.4, 0.5) is 14.5 Å². The lowest BCUT2D eigenvalue weighted by Crippen LogP contribution is -2.29. The lowest BCUT2D eigenvalue weighted by molar-refractivity contribution is -0.605. The van der Waals surface area contributed by atoms with Crippen LogP contribution in [0.1, 0.15) is 35.6 Å². The zero-order valence-corrected chi connectivity index (χ0v) is 27.4. The number of nitrogens with one attached hydrogen (secondary N) is 1. The summed E-state index contributed by atoms with van der Waals surface area (Å²) in [7, 11) is -1.71. The van der Waals surface area contributed by atoms with Gasteiger partial charge in [0.25, 0.3) is 0 Å². The highest BCUT2D eigenvalue weighted by molar-refractivity contribution is 7.92. The lowest BCUT2D eigenvalue weighted by atomic mass is 10.0. The third-order valence-corrected chi connectivity index (χ3v) is 7.81. The third kappa shape index (κ3) is 11.6. The molecule has 0 saturated heterocycles. The van der Waals surface area contributed by atoms with Gasteiger partial charge in [0, 0.05) is 24.2 Å². The SMILES string of the molecule is CN(CC(=O)O[C@@H](Cc1c(Cl)c[n+]([O-])cc1Cl)c1ccc(OC(F)F)c(OCC2CC2)c1)Cc1ccc(NS(C)(=O)=O)cc1.Cl. The van der Waals surface area contributed by atoms with Gasteiger partial charge in [0.15, 0.2) is 23.9 Å². The minimum atomic E-state index is -3.41. The maximum atomic E-state index is 13.2. The number of esters is 1. The van der Waals surface area contributed by atoms with Crippen molar-refractivity contribution in [3.05, 3.63) is 86.8 Å². The van der Waals surface area contributed by atoms with E-state index in [4.69, 9.17) is 32.7 Å². The van der Waals surface area contributed by atoms with Crippen LogP contribution in [0.25, 0.3) is 0 Å². The van der Waals surface area contributed by atoms with Gasteiger partial charge in [0.2, 0.25) is 10.0 Å². The topological polar surface area (TPSA) is 121 Å². The number of hydrogen-bond donors (Lipinski definition) is 1. The van der Waals surface area contributed by atoms with Crippen molar-refractivity contribution in [2.75, 3.05) is 31.2 Å². The van der Waals surface area contributed by atoms with Crippen LogP contribution in [0.15, 0.2) is 54.9 Å². The fourth-order valence-electron chi connectivity index (χ4n) is 4.34. The molecule has 0 bridgehead atoms. The number of carbonyl (C=O) groups excluding carboxylic acids is 1. The number of halogens is 5. The average Bonchev–Trinajstić information content (AvgIpc) is 3.74. The van der Waals surface area contributed by atoms with Gasteiger partial charge >= 0.3 is 12.6 Å². The van der Waals surface area contributed by atoms with Crippen LogP contribution in [0.3, 0.4) is 0 Å². The Hall–Kier alpha value is -3.10. The van der Waals surface area contributed by atoms with E-state index in [1.54, 1.807) is 36.2 Å². The van der Waals surface area contributed by atoms with Crippen LogP contribution in [0, 0.1) is 11.1 Å². The Morgan fingerprint density at radius 3 is 2.33 bits per heavy atom. The molecule has 0 aliphatic heterocycles. The fourth-order valence-corrected chi connectivity index (χ4v) is 5.50. The summed E-state index contributed by atoms with van der Waals surface area (Å²) in [4.78, 5) is 14.9. The molecule has 0 spiro atoms. The summed E-state index contributed by atoms with van der Waals surface area (Å²) in [6, 6.07) is 11.0. The van der Waals surface area contributed by atoms with Crippen molar-refractivity contribution in [3.63, 3.8) is 0 Å². The van der Waals surface area contributed by atoms with Crippen molar-refractivity contribution in [1.82, 2.24) is 4.90 Å². The number of aromatic nitrogens is 1. The van der Waals surface area contributed by atoms with Crippen LogP contribution < -0.4 is 18.9 Å². The summed E-state index contributed by atoms with van der Waals surface area (Å²) in [5, 5.41) is 11.9. The van der Waals surface area contributed by atoms with E-state index in [9.17, 15) is 27.2 Å². The van der Waals surface area contributed by atoms with E-state index in [2.05, 4.69) is 9.46 Å². The van der Waals surface area contributed by atoms with Crippen LogP contribution in [-0.2, 0) is 32.5 Å². The summed E-state index contributed by atoms with van der Waals surface area (Å²) < 4.78 is 68.2. The van der Waals surface area contributed by atoms with Crippen LogP contribution in [-0.4, -0.2) is 52.4 Å². The molecule has 1 aromatic heterocycles. The predicted octanol–water partition coefficient (Wildman–Crippen LogP) is 5.77. The minimum absolute atomic E-state index is 0. The zero-order valence-electron chi connectivity index (χ0n) is 24.3. The van der Waals surface area contributed by atoms with Gasteiger partial charge in [-0.2, -0.15) is 13.5 Å². The molecular formula is C29H32Cl3F2N3O7S. The quantitative estimate of drug-likeness (QED) is 0.120. The standard InChI is InChI=1S/C29H31Cl2F2N3O7S.ClH/c1-35(13-18-5-8-21(9-6-18)34-44(2,39)40)16-28(37)42-26(12-22-23(30)14-36(38)15-24(22)31)20-7-10-25(43-29(32)33)27(11-20)41-17-19-3-4-19;/h5-11,14-15,19,26,29,34H,3-4,12-13,16-17H2,1-2H3;1H/t26-;/m0./s1. The van der Waals surface area contributed by atoms with Crippen molar-refractivity contribution in [1.29, 1.82) is 0 Å². The number of benzene rings is 2. The van der Waals surface area contributed by atoms with Crippen LogP contribution >= 0.6 is 35.6 Å². The molecule has 1 N–H and O–H groups in total. The largest absolute Gasteiger partial charge is 0.619 e. The van der Waals surface area contributed by atoms with Gasteiger partial charge in [-0.25, -0.2) is 8.42 Å². The Morgan fingerprint density at radius 1 is 1.11 bits per heavy atom. The first-order valence-corrected chi connectivity index (χ1v) is 16.1. The van der Waals surface area contributed by atoms with E-state index in [0.717, 1.165) is 37.1 Å². The summed E-state index contributed by atoms with van der Waals surface area (Å²) in [5.74, 6) is -0.363. The number of rotatable bonds is 15. The minimum Gasteiger partial charge on any atom is -0.619 e. The van der Waals surface area contributed by atoms with Gasteiger partial charge in [-0.15, -0.1) is 12.4 Å². The first kappa shape index (κ1) is 36.4. The summed E-state index contributed by atoms with van der Waals surface area (Å²) in [6.07, 6.45) is 4.24. The Morgan fingerprint density at radius 2 is 1.76 bits per heavy atom. The molecule has 16 heteroatoms. The van der Waals surface area contributed by atoms with Gasteiger partial charge in [-0.3, -0.25) is 14.4 Å². The first-order chi connectivity index (χ1) is 20.8. The Labute approximate surface area is 276 Å². The molecule has 1 atom stereocenters. The molecule has 1 aliphatic carbocycles. The molecule has 10 nitrogen and oxygen atoms in total. The number of likely N-dealkylation sites (N-methyl/N-ethyl adjacent to an activating group) is 1. The second-order valence-electron chi connectivity index (χ2n) is 10.6. The molecule has 1 heterocycles. The van der Waals surface area contributed by atoms with Crippen molar-refractivity contribution in [2.45, 2.75) is 38.5 Å². The monoisotopic (exact) mass is 709 g/mol. The van der Waals surface area contributed by atoms with E-state index in [1.807, 2.05) is 0 Å². The first-order valence-electron chi connectivity index (χ1n) is 13.5. The smallest absolute Gasteiger partial charge is 0.387 e. The van der Waals surface area contributed by atoms with E-state index < -0.39 is 28.7 Å². The van der Waals surface area contributed by atoms with Crippen molar-refractivity contribution < 1.29 is 40.9 Å². The molecule has 3 aromatic rings. The predicted molar refractivity (Wildman–Crippen MR) is 168 cm³/mol. The highest BCUT2D eigenvalue weighted by Crippen LogP contribution is 2.37. The number of anilines is 1. The van der Waals surface area contributed by atoms with Gasteiger partial charge < -0.3 is 19.4 Å². The summed E-state index contributed by atoms with van der Waals surface area (Å²) >= 11 is 12.6. The third-order valence-electron chi connectivity index (χ3n) is 6.56. The molecule has 2 aromatic carbocycles. The maximum absolute atomic E-state index is 13.2. The average molecular weight is 711 g/mol. The summed E-state index contributed by atoms with van der Waals surface area (Å²) in [5.41, 5.74) is 1.99. The van der Waals surface area contributed by atoms with Crippen LogP contribution in [0.5, 0.6) is 11.5 Å². The molecule has 4 rings (SSSR count). The molecule has 0 amide bonds. The number of carbonyl (C=O) groups is 1. The number of nitrogens with zero attached hydrogens (tertiary/aromatic N) is 2. The van der Waals surface area contributed by atoms with E-state index in [0.29, 0.717) is 40.6 Å². The lowest BCUT2D eigenvalue weighted by Gasteiger charge is -2.23. The number of hydrogen-bond acceptors (Lipinski definition) is 8. The van der Waals surface area contributed by atoms with Crippen molar-refractivity contribution in [3.8, 4) is 11.5 Å². The number of sulfonamides is 1. The van der Waals surface area contributed by atoms with E-state index in [1.165, 1.54) is 18.2 Å². The molecule has 45 heavy (non-hydrogen) atoms. The second-order valence-corrected chi connectivity index (χ2v) is 13.1. The van der Waals surface area contributed by atoms with E-state index >= 15 is 0 Å². The fraction of sp³-hybridized carbons (Fsp3) is 0.379.